The highest BCUT2D eigenvalue weighted by molar-refractivity contribution is 5.72. The number of aliphatic carboxylic acids is 1. The zero-order valence-electron chi connectivity index (χ0n) is 20.4. The number of hydrogen-bond acceptors (Lipinski definition) is 4. The maximum absolute atomic E-state index is 10.9. The molecule has 5 nitrogen and oxygen atoms in total. The van der Waals surface area contributed by atoms with Gasteiger partial charge in [0, 0.05) is 23.5 Å². The molecule has 0 radical (unpaired) electrons. The number of nitrogens with zero attached hydrogens (tertiary/aromatic N) is 2. The van der Waals surface area contributed by atoms with E-state index >= 15 is 0 Å². The van der Waals surface area contributed by atoms with Crippen molar-refractivity contribution >= 4 is 5.97 Å². The van der Waals surface area contributed by atoms with Crippen LogP contribution in [0, 0.1) is 0 Å². The van der Waals surface area contributed by atoms with Crippen LogP contribution in [0.1, 0.15) is 70.8 Å². The predicted molar refractivity (Wildman–Crippen MR) is 137 cm³/mol. The summed E-state index contributed by atoms with van der Waals surface area (Å²) in [5.74, 6) is 0.124. The standard InChI is InChI=1S/C29H36N2O3/c1-3-4-5-6-7-8-9-10-11-23-12-14-24(15-13-23)26-20-30-28(31-21-26)25-16-18-27(19-17-25)34-22(2)29(32)33/h12-22H,3-11H2,1-2H3,(H,32,33). The second-order valence-corrected chi connectivity index (χ2v) is 8.84. The predicted octanol–water partition coefficient (Wildman–Crippen LogP) is 7.35. The van der Waals surface area contributed by atoms with Gasteiger partial charge in [0.15, 0.2) is 11.9 Å². The number of carboxylic acid groups (broad SMARTS) is 1. The normalized spacial score (nSPS) is 11.8. The highest BCUT2D eigenvalue weighted by Crippen LogP contribution is 2.23. The average Bonchev–Trinajstić information content (AvgIpc) is 2.86. The quantitative estimate of drug-likeness (QED) is 0.255. The summed E-state index contributed by atoms with van der Waals surface area (Å²) >= 11 is 0. The molecule has 1 atom stereocenters. The SMILES string of the molecule is CCCCCCCCCCc1ccc(-c2cnc(-c3ccc(OC(C)C(=O)O)cc3)nc2)cc1. The average molecular weight is 461 g/mol. The summed E-state index contributed by atoms with van der Waals surface area (Å²) < 4.78 is 5.37. The zero-order chi connectivity index (χ0) is 24.2. The van der Waals surface area contributed by atoms with Gasteiger partial charge in [0.2, 0.25) is 0 Å². The molecule has 0 saturated carbocycles. The number of ether oxygens (including phenoxy) is 1. The van der Waals surface area contributed by atoms with Gasteiger partial charge in [-0.25, -0.2) is 14.8 Å². The molecule has 0 bridgehead atoms. The van der Waals surface area contributed by atoms with Gasteiger partial charge in [0.1, 0.15) is 5.75 Å². The summed E-state index contributed by atoms with van der Waals surface area (Å²) in [7, 11) is 0. The van der Waals surface area contributed by atoms with Gasteiger partial charge in [-0.15, -0.1) is 0 Å². The molecular weight excluding hydrogens is 424 g/mol. The Morgan fingerprint density at radius 2 is 1.35 bits per heavy atom. The second kappa shape index (κ2) is 13.5. The molecule has 0 aliphatic rings. The van der Waals surface area contributed by atoms with Crippen LogP contribution >= 0.6 is 0 Å². The Morgan fingerprint density at radius 1 is 0.794 bits per heavy atom. The first-order chi connectivity index (χ1) is 16.6. The fourth-order valence-electron chi connectivity index (χ4n) is 3.89. The maximum Gasteiger partial charge on any atom is 0.344 e. The zero-order valence-corrected chi connectivity index (χ0v) is 20.4. The van der Waals surface area contributed by atoms with Gasteiger partial charge in [-0.3, -0.25) is 0 Å². The topological polar surface area (TPSA) is 72.3 Å². The summed E-state index contributed by atoms with van der Waals surface area (Å²) in [6.07, 6.45) is 14.7. The van der Waals surface area contributed by atoms with Crippen LogP contribution in [-0.2, 0) is 11.2 Å². The van der Waals surface area contributed by atoms with E-state index in [1.54, 1.807) is 12.1 Å². The van der Waals surface area contributed by atoms with Crippen LogP contribution in [0.4, 0.5) is 0 Å². The third kappa shape index (κ3) is 7.98. The summed E-state index contributed by atoms with van der Waals surface area (Å²) in [6.45, 7) is 3.76. The number of hydrogen-bond donors (Lipinski definition) is 1. The van der Waals surface area contributed by atoms with E-state index in [4.69, 9.17) is 9.84 Å². The van der Waals surface area contributed by atoms with Crippen LogP contribution < -0.4 is 4.74 Å². The summed E-state index contributed by atoms with van der Waals surface area (Å²) in [4.78, 5) is 20.0. The molecule has 0 saturated heterocycles. The lowest BCUT2D eigenvalue weighted by Gasteiger charge is -2.10. The van der Waals surface area contributed by atoms with E-state index in [0.717, 1.165) is 23.1 Å². The largest absolute Gasteiger partial charge is 0.479 e. The van der Waals surface area contributed by atoms with Crippen LogP contribution in [0.25, 0.3) is 22.5 Å². The van der Waals surface area contributed by atoms with E-state index < -0.39 is 12.1 Å². The number of carbonyl (C=O) groups is 1. The molecule has 34 heavy (non-hydrogen) atoms. The number of carboxylic acids is 1. The Kier molecular flexibility index (Phi) is 10.1. The van der Waals surface area contributed by atoms with Crippen molar-refractivity contribution in [2.24, 2.45) is 0 Å². The smallest absolute Gasteiger partial charge is 0.344 e. The minimum atomic E-state index is -0.996. The fourth-order valence-corrected chi connectivity index (χ4v) is 3.89. The molecule has 180 valence electrons. The van der Waals surface area contributed by atoms with Crippen molar-refractivity contribution in [3.63, 3.8) is 0 Å². The van der Waals surface area contributed by atoms with E-state index in [1.807, 2.05) is 24.5 Å². The van der Waals surface area contributed by atoms with E-state index in [9.17, 15) is 4.79 Å². The lowest BCUT2D eigenvalue weighted by molar-refractivity contribution is -0.144. The van der Waals surface area contributed by atoms with Crippen molar-refractivity contribution in [3.05, 3.63) is 66.5 Å². The van der Waals surface area contributed by atoms with Gasteiger partial charge in [-0.05, 0) is 55.2 Å². The van der Waals surface area contributed by atoms with E-state index in [1.165, 1.54) is 63.9 Å². The first-order valence-electron chi connectivity index (χ1n) is 12.5. The van der Waals surface area contributed by atoms with Crippen LogP contribution in [0.3, 0.4) is 0 Å². The molecule has 0 aliphatic heterocycles. The van der Waals surface area contributed by atoms with E-state index in [0.29, 0.717) is 11.6 Å². The highest BCUT2D eigenvalue weighted by Gasteiger charge is 2.12. The van der Waals surface area contributed by atoms with E-state index in [2.05, 4.69) is 41.2 Å². The molecule has 0 aliphatic carbocycles. The van der Waals surface area contributed by atoms with Gasteiger partial charge in [0.25, 0.3) is 0 Å². The van der Waals surface area contributed by atoms with E-state index in [-0.39, 0.29) is 0 Å². The Balaban J connectivity index is 1.48. The molecule has 0 fully saturated rings. The van der Waals surface area contributed by atoms with Crippen molar-refractivity contribution in [1.29, 1.82) is 0 Å². The third-order valence-electron chi connectivity index (χ3n) is 6.03. The van der Waals surface area contributed by atoms with Crippen molar-refractivity contribution < 1.29 is 14.6 Å². The van der Waals surface area contributed by atoms with Crippen molar-refractivity contribution in [2.75, 3.05) is 0 Å². The van der Waals surface area contributed by atoms with Gasteiger partial charge < -0.3 is 9.84 Å². The number of benzene rings is 2. The Bertz CT molecular complexity index is 999. The number of aromatic nitrogens is 2. The number of aryl methyl sites for hydroxylation is 1. The first kappa shape index (κ1) is 25.4. The fraction of sp³-hybridized carbons (Fsp3) is 0.414. The molecule has 1 unspecified atom stereocenters. The van der Waals surface area contributed by atoms with Crippen LogP contribution in [0.2, 0.25) is 0 Å². The molecule has 5 heteroatoms. The minimum absolute atomic E-state index is 0.502. The molecular formula is C29H36N2O3. The second-order valence-electron chi connectivity index (χ2n) is 8.84. The van der Waals surface area contributed by atoms with Gasteiger partial charge in [-0.2, -0.15) is 0 Å². The molecule has 0 amide bonds. The molecule has 2 aromatic carbocycles. The molecule has 3 rings (SSSR count). The van der Waals surface area contributed by atoms with Crippen molar-refractivity contribution in [3.8, 4) is 28.3 Å². The lowest BCUT2D eigenvalue weighted by Crippen LogP contribution is -2.22. The Hall–Kier alpha value is -3.21. The third-order valence-corrected chi connectivity index (χ3v) is 6.03. The lowest BCUT2D eigenvalue weighted by atomic mass is 10.0. The summed E-state index contributed by atoms with van der Waals surface area (Å²) in [6, 6.07) is 15.8. The van der Waals surface area contributed by atoms with Crippen molar-refractivity contribution in [1.82, 2.24) is 9.97 Å². The first-order valence-corrected chi connectivity index (χ1v) is 12.5. The molecule has 1 aromatic heterocycles. The van der Waals surface area contributed by atoms with Crippen molar-refractivity contribution in [2.45, 2.75) is 77.7 Å². The van der Waals surface area contributed by atoms with Crippen LogP contribution in [0.15, 0.2) is 60.9 Å². The Labute approximate surface area is 203 Å². The Morgan fingerprint density at radius 3 is 1.94 bits per heavy atom. The van der Waals surface area contributed by atoms with Gasteiger partial charge in [0.05, 0.1) is 0 Å². The van der Waals surface area contributed by atoms with Crippen LogP contribution in [0.5, 0.6) is 5.75 Å². The molecule has 1 heterocycles. The number of rotatable bonds is 14. The minimum Gasteiger partial charge on any atom is -0.479 e. The van der Waals surface area contributed by atoms with Gasteiger partial charge >= 0.3 is 5.97 Å². The highest BCUT2D eigenvalue weighted by atomic mass is 16.5. The molecule has 1 N–H and O–H groups in total. The molecule has 0 spiro atoms. The van der Waals surface area contributed by atoms with Crippen LogP contribution in [-0.4, -0.2) is 27.1 Å². The number of unbranched alkanes of at least 4 members (excludes halogenated alkanes) is 7. The summed E-state index contributed by atoms with van der Waals surface area (Å²) in [5, 5.41) is 8.95. The summed E-state index contributed by atoms with van der Waals surface area (Å²) in [5.41, 5.74) is 4.32. The van der Waals surface area contributed by atoms with Gasteiger partial charge in [-0.1, -0.05) is 76.1 Å². The molecule has 3 aromatic rings. The monoisotopic (exact) mass is 460 g/mol. The maximum atomic E-state index is 10.9.